The minimum absolute atomic E-state index is 0.0251. The van der Waals surface area contributed by atoms with Gasteiger partial charge in [-0.15, -0.1) is 0 Å². The van der Waals surface area contributed by atoms with Gasteiger partial charge in [-0.3, -0.25) is 9.58 Å². The van der Waals surface area contributed by atoms with Crippen LogP contribution in [0, 0.1) is 0 Å². The molecule has 0 bridgehead atoms. The number of piperidine rings is 1. The normalized spacial score (nSPS) is 19.2. The van der Waals surface area contributed by atoms with Gasteiger partial charge >= 0.3 is 6.18 Å². The van der Waals surface area contributed by atoms with Crippen LogP contribution in [0.2, 0.25) is 0 Å². The number of nitrogens with zero attached hydrogens (tertiary/aromatic N) is 4. The Balaban J connectivity index is 1.33. The molecular formula is C25H27F3N6O. The topological polar surface area (TPSA) is 67.2 Å². The Hall–Kier alpha value is -3.11. The molecule has 35 heavy (non-hydrogen) atoms. The Bertz CT molecular complexity index is 1240. The van der Waals surface area contributed by atoms with Gasteiger partial charge < -0.3 is 15.4 Å². The second-order valence-electron chi connectivity index (χ2n) is 9.58. The monoisotopic (exact) mass is 484 g/mol. The molecule has 184 valence electrons. The third-order valence-electron chi connectivity index (χ3n) is 7.31. The minimum atomic E-state index is -4.53. The molecule has 5 heterocycles. The van der Waals surface area contributed by atoms with Gasteiger partial charge in [0.2, 0.25) is 0 Å². The van der Waals surface area contributed by atoms with Gasteiger partial charge in [-0.2, -0.15) is 18.3 Å². The van der Waals surface area contributed by atoms with Gasteiger partial charge in [0.15, 0.2) is 5.75 Å². The van der Waals surface area contributed by atoms with Crippen LogP contribution >= 0.6 is 0 Å². The lowest BCUT2D eigenvalue weighted by Gasteiger charge is -2.46. The smallest absolute Gasteiger partial charge is 0.420 e. The molecule has 0 radical (unpaired) electrons. The first-order chi connectivity index (χ1) is 16.9. The minimum Gasteiger partial charge on any atom is -0.486 e. The Morgan fingerprint density at radius 1 is 1.14 bits per heavy atom. The van der Waals surface area contributed by atoms with Crippen molar-refractivity contribution in [1.29, 1.82) is 0 Å². The van der Waals surface area contributed by atoms with Crippen LogP contribution in [0.1, 0.15) is 35.4 Å². The van der Waals surface area contributed by atoms with E-state index in [0.717, 1.165) is 50.1 Å². The Kier molecular flexibility index (Phi) is 5.45. The van der Waals surface area contributed by atoms with Gasteiger partial charge in [-0.25, -0.2) is 4.98 Å². The van der Waals surface area contributed by atoms with Gasteiger partial charge in [0.05, 0.1) is 17.4 Å². The molecule has 0 aliphatic carbocycles. The highest BCUT2D eigenvalue weighted by atomic mass is 19.4. The number of benzene rings is 1. The van der Waals surface area contributed by atoms with E-state index in [1.807, 2.05) is 25.4 Å². The highest BCUT2D eigenvalue weighted by molar-refractivity contribution is 5.77. The zero-order valence-electron chi connectivity index (χ0n) is 19.4. The maximum absolute atomic E-state index is 14.2. The first kappa shape index (κ1) is 22.4. The predicted molar refractivity (Wildman–Crippen MR) is 126 cm³/mol. The van der Waals surface area contributed by atoms with E-state index >= 15 is 0 Å². The van der Waals surface area contributed by atoms with E-state index in [-0.39, 0.29) is 18.3 Å². The number of aryl methyl sites for hydroxylation is 1. The van der Waals surface area contributed by atoms with Crippen LogP contribution in [0.3, 0.4) is 0 Å². The van der Waals surface area contributed by atoms with E-state index in [4.69, 9.17) is 4.74 Å². The number of hydrogen-bond acceptors (Lipinski definition) is 6. The van der Waals surface area contributed by atoms with Crippen molar-refractivity contribution < 1.29 is 17.9 Å². The fourth-order valence-electron chi connectivity index (χ4n) is 5.39. The van der Waals surface area contributed by atoms with Crippen LogP contribution in [-0.2, 0) is 19.8 Å². The molecule has 2 aromatic heterocycles. The predicted octanol–water partition coefficient (Wildman–Crippen LogP) is 4.29. The standard InChI is InChI=1S/C25H27F3N6O/c1-33-11-16(10-31-33)19-4-7-30-24-20(19)14-35-23-21(25(26,27)28)8-15(9-22(23)32-24)17-12-34(13-17)18-2-5-29-6-3-18/h4,7-11,17-18,29H,2-3,5-6,12-14H2,1H3,(H,30,32). The van der Waals surface area contributed by atoms with Crippen molar-refractivity contribution in [2.45, 2.75) is 37.6 Å². The van der Waals surface area contributed by atoms with Crippen molar-refractivity contribution in [3.8, 4) is 16.9 Å². The summed E-state index contributed by atoms with van der Waals surface area (Å²) < 4.78 is 50.0. The summed E-state index contributed by atoms with van der Waals surface area (Å²) in [4.78, 5) is 6.83. The average molecular weight is 485 g/mol. The molecule has 10 heteroatoms. The molecule has 3 aliphatic heterocycles. The quantitative estimate of drug-likeness (QED) is 0.578. The van der Waals surface area contributed by atoms with Crippen molar-refractivity contribution in [1.82, 2.24) is 25.0 Å². The van der Waals surface area contributed by atoms with Gasteiger partial charge in [-0.05, 0) is 55.3 Å². The molecular weight excluding hydrogens is 457 g/mol. The lowest BCUT2D eigenvalue weighted by atomic mass is 9.86. The highest BCUT2D eigenvalue weighted by Crippen LogP contribution is 2.47. The molecule has 0 spiro atoms. The summed E-state index contributed by atoms with van der Waals surface area (Å²) in [6.07, 6.45) is 2.87. The number of rotatable bonds is 3. The maximum Gasteiger partial charge on any atom is 0.420 e. The van der Waals surface area contributed by atoms with Crippen LogP contribution < -0.4 is 15.4 Å². The first-order valence-electron chi connectivity index (χ1n) is 11.9. The molecule has 2 saturated heterocycles. The van der Waals surface area contributed by atoms with Gasteiger partial charge in [0.1, 0.15) is 12.4 Å². The molecule has 0 atom stereocenters. The number of aromatic nitrogens is 3. The summed E-state index contributed by atoms with van der Waals surface area (Å²) in [6.45, 7) is 3.53. The van der Waals surface area contributed by atoms with E-state index < -0.39 is 11.7 Å². The summed E-state index contributed by atoms with van der Waals surface area (Å²) in [7, 11) is 1.82. The van der Waals surface area contributed by atoms with E-state index in [0.29, 0.717) is 28.7 Å². The van der Waals surface area contributed by atoms with E-state index in [1.165, 1.54) is 6.07 Å². The third-order valence-corrected chi connectivity index (χ3v) is 7.31. The molecule has 6 rings (SSSR count). The van der Waals surface area contributed by atoms with Crippen molar-refractivity contribution in [2.24, 2.45) is 7.05 Å². The molecule has 2 N–H and O–H groups in total. The summed E-state index contributed by atoms with van der Waals surface area (Å²) in [5.41, 5.74) is 2.63. The number of halogens is 3. The number of nitrogens with one attached hydrogen (secondary N) is 2. The summed E-state index contributed by atoms with van der Waals surface area (Å²) >= 11 is 0. The molecule has 2 fully saturated rings. The van der Waals surface area contributed by atoms with Crippen molar-refractivity contribution in [2.75, 3.05) is 31.5 Å². The van der Waals surface area contributed by atoms with Crippen LogP contribution in [0.25, 0.3) is 11.1 Å². The second kappa shape index (κ2) is 8.53. The fraction of sp³-hybridized carbons (Fsp3) is 0.440. The number of anilines is 2. The number of fused-ring (bicyclic) bond motifs is 2. The highest BCUT2D eigenvalue weighted by Gasteiger charge is 2.40. The van der Waals surface area contributed by atoms with E-state index in [2.05, 4.69) is 25.6 Å². The molecule has 3 aliphatic rings. The van der Waals surface area contributed by atoms with Gasteiger partial charge in [0, 0.05) is 55.6 Å². The van der Waals surface area contributed by atoms with Crippen LogP contribution in [-0.4, -0.2) is 51.9 Å². The number of alkyl halides is 3. The van der Waals surface area contributed by atoms with Crippen LogP contribution in [0.4, 0.5) is 24.7 Å². The molecule has 0 saturated carbocycles. The Morgan fingerprint density at radius 3 is 2.66 bits per heavy atom. The molecule has 0 unspecified atom stereocenters. The first-order valence-corrected chi connectivity index (χ1v) is 11.9. The lowest BCUT2D eigenvalue weighted by Crippen LogP contribution is -2.53. The summed E-state index contributed by atoms with van der Waals surface area (Å²) in [5.74, 6) is 0.390. The van der Waals surface area contributed by atoms with Gasteiger partial charge in [-0.1, -0.05) is 0 Å². The van der Waals surface area contributed by atoms with Crippen LogP contribution in [0.15, 0.2) is 36.8 Å². The Morgan fingerprint density at radius 2 is 1.94 bits per heavy atom. The van der Waals surface area contributed by atoms with Crippen molar-refractivity contribution >= 4 is 11.5 Å². The molecule has 7 nitrogen and oxygen atoms in total. The largest absolute Gasteiger partial charge is 0.486 e. The maximum atomic E-state index is 14.2. The third kappa shape index (κ3) is 4.14. The SMILES string of the molecule is Cn1cc(-c2ccnc3c2COc2c(cc(C4CN(C5CCNCC5)C4)cc2C(F)(F)F)N3)cn1. The molecule has 0 amide bonds. The van der Waals surface area contributed by atoms with E-state index in [9.17, 15) is 13.2 Å². The van der Waals surface area contributed by atoms with Crippen LogP contribution in [0.5, 0.6) is 5.75 Å². The molecule has 1 aromatic carbocycles. The number of ether oxygens (including phenoxy) is 1. The van der Waals surface area contributed by atoms with Gasteiger partial charge in [0.25, 0.3) is 0 Å². The number of pyridine rings is 1. The zero-order valence-corrected chi connectivity index (χ0v) is 19.4. The lowest BCUT2D eigenvalue weighted by molar-refractivity contribution is -0.139. The summed E-state index contributed by atoms with van der Waals surface area (Å²) in [6, 6.07) is 5.43. The number of likely N-dealkylation sites (tertiary alicyclic amines) is 1. The molecule has 3 aromatic rings. The average Bonchev–Trinajstić information content (AvgIpc) is 3.14. The van der Waals surface area contributed by atoms with Crippen molar-refractivity contribution in [3.63, 3.8) is 0 Å². The zero-order chi connectivity index (χ0) is 24.2. The fourth-order valence-corrected chi connectivity index (χ4v) is 5.39. The van der Waals surface area contributed by atoms with Crippen molar-refractivity contribution in [3.05, 3.63) is 53.5 Å². The second-order valence-corrected chi connectivity index (χ2v) is 9.58. The summed E-state index contributed by atoms with van der Waals surface area (Å²) in [5, 5.41) is 10.7. The number of hydrogen-bond donors (Lipinski definition) is 2. The Labute approximate surface area is 201 Å². The van der Waals surface area contributed by atoms with E-state index in [1.54, 1.807) is 17.1 Å².